The van der Waals surface area contributed by atoms with Gasteiger partial charge in [0, 0.05) is 18.0 Å². The first kappa shape index (κ1) is 14.6. The van der Waals surface area contributed by atoms with Crippen LogP contribution in [0.15, 0.2) is 6.07 Å². The van der Waals surface area contributed by atoms with Crippen molar-refractivity contribution in [3.8, 4) is 0 Å². The molecule has 0 spiro atoms. The number of likely N-dealkylation sites (tertiary alicyclic amines) is 1. The second-order valence-electron chi connectivity index (χ2n) is 6.04. The number of amides is 1. The maximum Gasteiger partial charge on any atom is 0.306 e. The minimum atomic E-state index is -0.716. The summed E-state index contributed by atoms with van der Waals surface area (Å²) in [6, 6.07) is 1.95. The molecule has 0 radical (unpaired) electrons. The smallest absolute Gasteiger partial charge is 0.306 e. The molecule has 1 saturated heterocycles. The number of hydrogen-bond acceptors (Lipinski definition) is 3. The molecular weight excluding hydrogens is 286 g/mol. The first-order valence-corrected chi connectivity index (χ1v) is 8.60. The average molecular weight is 307 g/mol. The number of carboxylic acid groups (broad SMARTS) is 1. The van der Waals surface area contributed by atoms with Crippen LogP contribution < -0.4 is 0 Å². The molecule has 0 saturated carbocycles. The molecule has 3 rings (SSSR count). The third kappa shape index (κ3) is 3.12. The van der Waals surface area contributed by atoms with E-state index in [-0.39, 0.29) is 11.8 Å². The van der Waals surface area contributed by atoms with Crippen molar-refractivity contribution in [2.75, 3.05) is 13.1 Å². The number of thiophene rings is 1. The zero-order chi connectivity index (χ0) is 14.8. The average Bonchev–Trinajstić information content (AvgIpc) is 2.71. The first-order valence-electron chi connectivity index (χ1n) is 7.79. The fraction of sp³-hybridized carbons (Fsp3) is 0.625. The molecule has 0 aromatic carbocycles. The second kappa shape index (κ2) is 6.18. The molecule has 1 aliphatic carbocycles. The number of aliphatic carboxylic acids is 1. The largest absolute Gasteiger partial charge is 0.481 e. The lowest BCUT2D eigenvalue weighted by Gasteiger charge is -2.19. The van der Waals surface area contributed by atoms with E-state index in [1.165, 1.54) is 17.7 Å². The fourth-order valence-electron chi connectivity index (χ4n) is 3.27. The molecule has 1 fully saturated rings. The molecule has 0 bridgehead atoms. The second-order valence-corrected chi connectivity index (χ2v) is 7.18. The number of aryl methyl sites for hydroxylation is 1. The van der Waals surface area contributed by atoms with Gasteiger partial charge in [0.25, 0.3) is 5.91 Å². The summed E-state index contributed by atoms with van der Waals surface area (Å²) < 4.78 is 0. The van der Waals surface area contributed by atoms with E-state index in [0.717, 1.165) is 42.8 Å². The zero-order valence-electron chi connectivity index (χ0n) is 12.1. The third-order valence-corrected chi connectivity index (χ3v) is 5.76. The van der Waals surface area contributed by atoms with Crippen LogP contribution in [0.5, 0.6) is 0 Å². The number of rotatable bonds is 2. The lowest BCUT2D eigenvalue weighted by Crippen LogP contribution is -2.31. The van der Waals surface area contributed by atoms with Crippen molar-refractivity contribution in [1.82, 2.24) is 4.90 Å². The Hall–Kier alpha value is -1.36. The van der Waals surface area contributed by atoms with Crippen molar-refractivity contribution >= 4 is 23.2 Å². The monoisotopic (exact) mass is 307 g/mol. The Balaban J connectivity index is 1.75. The molecule has 1 aromatic heterocycles. The first-order chi connectivity index (χ1) is 10.1. The Morgan fingerprint density at radius 3 is 2.57 bits per heavy atom. The summed E-state index contributed by atoms with van der Waals surface area (Å²) in [6.07, 6.45) is 6.69. The lowest BCUT2D eigenvalue weighted by molar-refractivity contribution is -0.142. The summed E-state index contributed by atoms with van der Waals surface area (Å²) in [5.74, 6) is -0.858. The summed E-state index contributed by atoms with van der Waals surface area (Å²) >= 11 is 1.57. The lowest BCUT2D eigenvalue weighted by atomic mass is 9.88. The third-order valence-electron chi connectivity index (χ3n) is 4.54. The van der Waals surface area contributed by atoms with Crippen LogP contribution in [0.25, 0.3) is 0 Å². The van der Waals surface area contributed by atoms with Gasteiger partial charge in [-0.3, -0.25) is 9.59 Å². The number of fused-ring (bicyclic) bond motifs is 1. The Morgan fingerprint density at radius 2 is 1.90 bits per heavy atom. The van der Waals surface area contributed by atoms with Gasteiger partial charge in [0.15, 0.2) is 0 Å². The van der Waals surface area contributed by atoms with Crippen LogP contribution in [0.3, 0.4) is 0 Å². The van der Waals surface area contributed by atoms with Crippen LogP contribution >= 0.6 is 11.3 Å². The minimum Gasteiger partial charge on any atom is -0.481 e. The predicted molar refractivity (Wildman–Crippen MR) is 81.8 cm³/mol. The van der Waals surface area contributed by atoms with E-state index in [1.807, 2.05) is 11.0 Å². The summed E-state index contributed by atoms with van der Waals surface area (Å²) in [7, 11) is 0. The summed E-state index contributed by atoms with van der Waals surface area (Å²) in [4.78, 5) is 27.7. The Bertz CT molecular complexity index is 544. The van der Waals surface area contributed by atoms with Gasteiger partial charge in [-0.05, 0) is 43.7 Å². The van der Waals surface area contributed by atoms with Gasteiger partial charge in [-0.25, -0.2) is 0 Å². The van der Waals surface area contributed by atoms with Crippen LogP contribution in [0.2, 0.25) is 0 Å². The highest BCUT2D eigenvalue weighted by molar-refractivity contribution is 7.14. The van der Waals surface area contributed by atoms with Crippen molar-refractivity contribution in [3.63, 3.8) is 0 Å². The highest BCUT2D eigenvalue weighted by Crippen LogP contribution is 2.33. The van der Waals surface area contributed by atoms with Gasteiger partial charge >= 0.3 is 5.97 Å². The van der Waals surface area contributed by atoms with Gasteiger partial charge in [0.1, 0.15) is 0 Å². The molecule has 5 heteroatoms. The van der Waals surface area contributed by atoms with Gasteiger partial charge < -0.3 is 10.0 Å². The van der Waals surface area contributed by atoms with Gasteiger partial charge in [-0.1, -0.05) is 12.8 Å². The highest BCUT2D eigenvalue weighted by atomic mass is 32.1. The molecule has 4 nitrogen and oxygen atoms in total. The van der Waals surface area contributed by atoms with E-state index in [0.29, 0.717) is 12.8 Å². The molecule has 2 heterocycles. The number of carbonyl (C=O) groups is 2. The molecule has 1 amide bonds. The van der Waals surface area contributed by atoms with Gasteiger partial charge in [0.05, 0.1) is 10.8 Å². The molecule has 21 heavy (non-hydrogen) atoms. The van der Waals surface area contributed by atoms with E-state index >= 15 is 0 Å². The van der Waals surface area contributed by atoms with Gasteiger partial charge in [-0.15, -0.1) is 11.3 Å². The van der Waals surface area contributed by atoms with Crippen molar-refractivity contribution in [2.24, 2.45) is 5.92 Å². The van der Waals surface area contributed by atoms with Crippen LogP contribution in [0.1, 0.15) is 52.2 Å². The maximum absolute atomic E-state index is 12.6. The number of hydrogen-bond donors (Lipinski definition) is 1. The number of nitrogens with zero attached hydrogens (tertiary/aromatic N) is 1. The van der Waals surface area contributed by atoms with Crippen molar-refractivity contribution in [2.45, 2.75) is 44.9 Å². The molecule has 1 aromatic rings. The SMILES string of the molecule is O=C(O)[C@@H]1CCc2sc(C(=O)N3CCCCCC3)cc2C1. The highest BCUT2D eigenvalue weighted by Gasteiger charge is 2.28. The maximum atomic E-state index is 12.6. The molecular formula is C16H21NO3S. The minimum absolute atomic E-state index is 0.142. The van der Waals surface area contributed by atoms with E-state index < -0.39 is 5.97 Å². The Labute approximate surface area is 128 Å². The van der Waals surface area contributed by atoms with E-state index in [2.05, 4.69) is 0 Å². The summed E-state index contributed by atoms with van der Waals surface area (Å²) in [5.41, 5.74) is 1.08. The quantitative estimate of drug-likeness (QED) is 0.914. The molecule has 1 atom stereocenters. The van der Waals surface area contributed by atoms with Crippen molar-refractivity contribution in [1.29, 1.82) is 0 Å². The normalized spacial score (nSPS) is 22.5. The summed E-state index contributed by atoms with van der Waals surface area (Å²) in [5, 5.41) is 9.14. The van der Waals surface area contributed by atoms with Crippen molar-refractivity contribution in [3.05, 3.63) is 21.4 Å². The zero-order valence-corrected chi connectivity index (χ0v) is 13.0. The van der Waals surface area contributed by atoms with E-state index in [9.17, 15) is 9.59 Å². The van der Waals surface area contributed by atoms with Crippen molar-refractivity contribution < 1.29 is 14.7 Å². The molecule has 1 N–H and O–H groups in total. The van der Waals surface area contributed by atoms with E-state index in [4.69, 9.17) is 5.11 Å². The number of carbonyl (C=O) groups excluding carboxylic acids is 1. The van der Waals surface area contributed by atoms with Gasteiger partial charge in [-0.2, -0.15) is 0 Å². The molecule has 1 aliphatic heterocycles. The molecule has 2 aliphatic rings. The topological polar surface area (TPSA) is 57.6 Å². The summed E-state index contributed by atoms with van der Waals surface area (Å²) in [6.45, 7) is 1.72. The van der Waals surface area contributed by atoms with Crippen LogP contribution in [-0.4, -0.2) is 35.0 Å². The van der Waals surface area contributed by atoms with Crippen LogP contribution in [0, 0.1) is 5.92 Å². The molecule has 114 valence electrons. The Kier molecular flexibility index (Phi) is 4.29. The van der Waals surface area contributed by atoms with Crippen LogP contribution in [-0.2, 0) is 17.6 Å². The van der Waals surface area contributed by atoms with E-state index in [1.54, 1.807) is 11.3 Å². The van der Waals surface area contributed by atoms with Crippen LogP contribution in [0.4, 0.5) is 0 Å². The molecule has 0 unspecified atom stereocenters. The van der Waals surface area contributed by atoms with Gasteiger partial charge in [0.2, 0.25) is 0 Å². The number of carboxylic acids is 1. The fourth-order valence-corrected chi connectivity index (χ4v) is 4.45. The standard InChI is InChI=1S/C16H21NO3S/c18-15(17-7-3-1-2-4-8-17)14-10-12-9-11(16(19)20)5-6-13(12)21-14/h10-11H,1-9H2,(H,19,20)/t11-/m1/s1. The predicted octanol–water partition coefficient (Wildman–Crippen LogP) is 2.95. The Morgan fingerprint density at radius 1 is 1.19 bits per heavy atom.